The van der Waals surface area contributed by atoms with Crippen molar-refractivity contribution in [3.05, 3.63) is 29.8 Å². The largest absolute Gasteiger partial charge is 0.416 e. The molecule has 16 heavy (non-hydrogen) atoms. The van der Waals surface area contributed by atoms with Crippen molar-refractivity contribution in [2.75, 3.05) is 11.9 Å². The molecule has 0 aliphatic carbocycles. The van der Waals surface area contributed by atoms with E-state index in [2.05, 4.69) is 5.32 Å². The Morgan fingerprint density at radius 1 is 1.25 bits per heavy atom. The van der Waals surface area contributed by atoms with Crippen LogP contribution in [0.25, 0.3) is 0 Å². The third-order valence-corrected chi connectivity index (χ3v) is 1.92. The van der Waals surface area contributed by atoms with Gasteiger partial charge in [0.05, 0.1) is 11.2 Å². The zero-order chi connectivity index (χ0) is 12.4. The van der Waals surface area contributed by atoms with Gasteiger partial charge in [-0.3, -0.25) is 0 Å². The van der Waals surface area contributed by atoms with Crippen LogP contribution >= 0.6 is 0 Å². The second kappa shape index (κ2) is 4.33. The van der Waals surface area contributed by atoms with Gasteiger partial charge in [0.1, 0.15) is 0 Å². The molecule has 0 saturated heterocycles. The summed E-state index contributed by atoms with van der Waals surface area (Å²) in [6, 6.07) is 4.89. The summed E-state index contributed by atoms with van der Waals surface area (Å²) in [5.41, 5.74) is -1.32. The SMILES string of the molecule is CC(C)(O)CNc1cccc(C(F)(F)F)c1. The van der Waals surface area contributed by atoms with Crippen molar-refractivity contribution in [2.45, 2.75) is 25.6 Å². The maximum atomic E-state index is 12.4. The van der Waals surface area contributed by atoms with Crippen LogP contribution in [0.5, 0.6) is 0 Å². The average Bonchev–Trinajstić information content (AvgIpc) is 2.13. The van der Waals surface area contributed by atoms with Crippen molar-refractivity contribution in [3.8, 4) is 0 Å². The normalized spacial score (nSPS) is 12.6. The van der Waals surface area contributed by atoms with Crippen LogP contribution in [0, 0.1) is 0 Å². The number of halogens is 3. The maximum Gasteiger partial charge on any atom is 0.416 e. The Labute approximate surface area is 92.1 Å². The van der Waals surface area contributed by atoms with E-state index in [1.807, 2.05) is 0 Å². The predicted molar refractivity (Wildman–Crippen MR) is 56.2 cm³/mol. The molecular weight excluding hydrogens is 219 g/mol. The van der Waals surface area contributed by atoms with E-state index in [9.17, 15) is 18.3 Å². The number of nitrogens with one attached hydrogen (secondary N) is 1. The van der Waals surface area contributed by atoms with E-state index in [1.165, 1.54) is 12.1 Å². The van der Waals surface area contributed by atoms with Crippen molar-refractivity contribution in [3.63, 3.8) is 0 Å². The number of hydrogen-bond donors (Lipinski definition) is 2. The summed E-state index contributed by atoms with van der Waals surface area (Å²) >= 11 is 0. The van der Waals surface area contributed by atoms with Crippen molar-refractivity contribution in [2.24, 2.45) is 0 Å². The summed E-state index contributed by atoms with van der Waals surface area (Å²) in [6.07, 6.45) is -4.34. The number of rotatable bonds is 3. The number of anilines is 1. The van der Waals surface area contributed by atoms with Gasteiger partial charge in [0.2, 0.25) is 0 Å². The minimum absolute atomic E-state index is 0.189. The van der Waals surface area contributed by atoms with Gasteiger partial charge >= 0.3 is 6.18 Å². The molecule has 0 aliphatic rings. The molecule has 0 atom stereocenters. The molecule has 0 bridgehead atoms. The van der Waals surface area contributed by atoms with Gasteiger partial charge in [-0.2, -0.15) is 13.2 Å². The van der Waals surface area contributed by atoms with Gasteiger partial charge in [-0.1, -0.05) is 6.07 Å². The van der Waals surface area contributed by atoms with Gasteiger partial charge in [0.15, 0.2) is 0 Å². The van der Waals surface area contributed by atoms with E-state index in [0.29, 0.717) is 5.69 Å². The monoisotopic (exact) mass is 233 g/mol. The van der Waals surface area contributed by atoms with Gasteiger partial charge < -0.3 is 10.4 Å². The van der Waals surface area contributed by atoms with E-state index in [1.54, 1.807) is 13.8 Å². The molecule has 0 amide bonds. The van der Waals surface area contributed by atoms with Crippen LogP contribution in [0.2, 0.25) is 0 Å². The molecule has 1 aromatic carbocycles. The molecule has 0 radical (unpaired) electrons. The minimum Gasteiger partial charge on any atom is -0.389 e. The highest BCUT2D eigenvalue weighted by Gasteiger charge is 2.30. The van der Waals surface area contributed by atoms with Gasteiger partial charge in [0.25, 0.3) is 0 Å². The van der Waals surface area contributed by atoms with Gasteiger partial charge in [-0.15, -0.1) is 0 Å². The molecule has 2 nitrogen and oxygen atoms in total. The molecule has 0 spiro atoms. The van der Waals surface area contributed by atoms with Crippen LogP contribution in [0.3, 0.4) is 0 Å². The Bertz CT molecular complexity index is 355. The van der Waals surface area contributed by atoms with E-state index in [-0.39, 0.29) is 6.54 Å². The standard InChI is InChI=1S/C11H14F3NO/c1-10(2,16)7-15-9-5-3-4-8(6-9)11(12,13)14/h3-6,15-16H,7H2,1-2H3. The van der Waals surface area contributed by atoms with Crippen molar-refractivity contribution < 1.29 is 18.3 Å². The fraction of sp³-hybridized carbons (Fsp3) is 0.455. The third kappa shape index (κ3) is 4.10. The Hall–Kier alpha value is -1.23. The molecule has 0 heterocycles. The molecule has 5 heteroatoms. The van der Waals surface area contributed by atoms with Crippen molar-refractivity contribution >= 4 is 5.69 Å². The highest BCUT2D eigenvalue weighted by Crippen LogP contribution is 2.30. The fourth-order valence-corrected chi connectivity index (χ4v) is 1.12. The molecule has 0 aliphatic heterocycles. The van der Waals surface area contributed by atoms with Crippen LogP contribution in [0.15, 0.2) is 24.3 Å². The summed E-state index contributed by atoms with van der Waals surface area (Å²) in [5, 5.41) is 12.2. The smallest absolute Gasteiger partial charge is 0.389 e. The highest BCUT2D eigenvalue weighted by molar-refractivity contribution is 5.46. The molecule has 2 N–H and O–H groups in total. The first-order valence-electron chi connectivity index (χ1n) is 4.82. The van der Waals surface area contributed by atoms with E-state index in [0.717, 1.165) is 12.1 Å². The second-order valence-electron chi connectivity index (χ2n) is 4.24. The van der Waals surface area contributed by atoms with Crippen LogP contribution < -0.4 is 5.32 Å². The number of hydrogen-bond acceptors (Lipinski definition) is 2. The zero-order valence-electron chi connectivity index (χ0n) is 9.10. The first kappa shape index (κ1) is 12.8. The number of benzene rings is 1. The first-order chi connectivity index (χ1) is 7.18. The summed E-state index contributed by atoms with van der Waals surface area (Å²) in [5.74, 6) is 0. The van der Waals surface area contributed by atoms with Gasteiger partial charge in [-0.05, 0) is 32.0 Å². The van der Waals surface area contributed by atoms with E-state index >= 15 is 0 Å². The summed E-state index contributed by atoms with van der Waals surface area (Å²) < 4.78 is 37.1. The first-order valence-corrected chi connectivity index (χ1v) is 4.82. The maximum absolute atomic E-state index is 12.4. The fourth-order valence-electron chi connectivity index (χ4n) is 1.12. The molecule has 1 rings (SSSR count). The Kier molecular flexibility index (Phi) is 3.48. The van der Waals surface area contributed by atoms with Crippen molar-refractivity contribution in [1.82, 2.24) is 0 Å². The molecule has 1 aromatic rings. The summed E-state index contributed by atoms with van der Waals surface area (Å²) in [6.45, 7) is 3.34. The van der Waals surface area contributed by atoms with Gasteiger partial charge in [-0.25, -0.2) is 0 Å². The van der Waals surface area contributed by atoms with Crippen LogP contribution in [-0.2, 0) is 6.18 Å². The van der Waals surface area contributed by atoms with Crippen LogP contribution in [0.4, 0.5) is 18.9 Å². The van der Waals surface area contributed by atoms with Crippen LogP contribution in [0.1, 0.15) is 19.4 Å². The molecule has 0 saturated carbocycles. The number of aliphatic hydroxyl groups is 1. The Morgan fingerprint density at radius 2 is 1.88 bits per heavy atom. The van der Waals surface area contributed by atoms with Crippen LogP contribution in [-0.4, -0.2) is 17.3 Å². The number of alkyl halides is 3. The molecule has 0 unspecified atom stereocenters. The second-order valence-corrected chi connectivity index (χ2v) is 4.24. The predicted octanol–water partition coefficient (Wildman–Crippen LogP) is 2.89. The summed E-state index contributed by atoms with van der Waals surface area (Å²) in [7, 11) is 0. The lowest BCUT2D eigenvalue weighted by molar-refractivity contribution is -0.137. The average molecular weight is 233 g/mol. The highest BCUT2D eigenvalue weighted by atomic mass is 19.4. The van der Waals surface area contributed by atoms with Gasteiger partial charge in [0, 0.05) is 12.2 Å². The lowest BCUT2D eigenvalue weighted by atomic mass is 10.1. The van der Waals surface area contributed by atoms with Crippen molar-refractivity contribution in [1.29, 1.82) is 0 Å². The molecule has 90 valence electrons. The molecule has 0 fully saturated rings. The topological polar surface area (TPSA) is 32.3 Å². The van der Waals surface area contributed by atoms with E-state index < -0.39 is 17.3 Å². The Morgan fingerprint density at radius 3 is 2.38 bits per heavy atom. The Balaban J connectivity index is 2.76. The third-order valence-electron chi connectivity index (χ3n) is 1.92. The minimum atomic E-state index is -4.34. The molecular formula is C11H14F3NO. The summed E-state index contributed by atoms with van der Waals surface area (Å²) in [4.78, 5) is 0. The zero-order valence-corrected chi connectivity index (χ0v) is 9.10. The molecule has 0 aromatic heterocycles. The quantitative estimate of drug-likeness (QED) is 0.841. The van der Waals surface area contributed by atoms with E-state index in [4.69, 9.17) is 0 Å². The lowest BCUT2D eigenvalue weighted by Gasteiger charge is -2.19. The lowest BCUT2D eigenvalue weighted by Crippen LogP contribution is -2.29.